The van der Waals surface area contributed by atoms with Crippen molar-refractivity contribution in [2.24, 2.45) is 0 Å². The Morgan fingerprint density at radius 1 is 1.00 bits per heavy atom. The number of amides is 1. The van der Waals surface area contributed by atoms with Crippen molar-refractivity contribution in [1.82, 2.24) is 0 Å². The van der Waals surface area contributed by atoms with Gasteiger partial charge in [-0.2, -0.15) is 13.2 Å². The summed E-state index contributed by atoms with van der Waals surface area (Å²) in [6.45, 7) is -0.611. The van der Waals surface area contributed by atoms with Gasteiger partial charge in [-0.05, 0) is 54.2 Å². The number of ether oxygens (including phenoxy) is 2. The van der Waals surface area contributed by atoms with Crippen molar-refractivity contribution in [3.05, 3.63) is 59.7 Å². The van der Waals surface area contributed by atoms with Crippen LogP contribution in [-0.4, -0.2) is 37.1 Å². The normalized spacial score (nSPS) is 10.9. The Hall–Kier alpha value is -3.01. The first kappa shape index (κ1) is 21.3. The van der Waals surface area contributed by atoms with Gasteiger partial charge in [0, 0.05) is 10.6 Å². The van der Waals surface area contributed by atoms with Crippen LogP contribution in [0.25, 0.3) is 0 Å². The van der Waals surface area contributed by atoms with E-state index in [9.17, 15) is 27.6 Å². The molecule has 148 valence electrons. The van der Waals surface area contributed by atoms with E-state index in [0.717, 1.165) is 12.1 Å². The Balaban J connectivity index is 1.88. The quantitative estimate of drug-likeness (QED) is 0.572. The van der Waals surface area contributed by atoms with Crippen molar-refractivity contribution in [3.63, 3.8) is 0 Å². The van der Waals surface area contributed by atoms with Gasteiger partial charge in [0.25, 0.3) is 5.91 Å². The molecule has 1 amide bonds. The lowest BCUT2D eigenvalue weighted by Gasteiger charge is -2.08. The first-order valence-electron chi connectivity index (χ1n) is 7.69. The van der Waals surface area contributed by atoms with Crippen LogP contribution in [0.4, 0.5) is 18.9 Å². The van der Waals surface area contributed by atoms with Gasteiger partial charge in [0.05, 0.1) is 18.2 Å². The van der Waals surface area contributed by atoms with Crippen LogP contribution in [0.1, 0.15) is 20.7 Å². The maximum atomic E-state index is 12.3. The van der Waals surface area contributed by atoms with Crippen molar-refractivity contribution < 1.29 is 37.0 Å². The van der Waals surface area contributed by atoms with Crippen LogP contribution >= 0.6 is 11.8 Å². The zero-order chi connectivity index (χ0) is 20.7. The Labute approximate surface area is 162 Å². The molecular formula is C18H14F3NO5S. The molecule has 0 saturated carbocycles. The van der Waals surface area contributed by atoms with Crippen LogP contribution in [0.15, 0.2) is 53.4 Å². The van der Waals surface area contributed by atoms with Crippen LogP contribution in [-0.2, 0) is 14.3 Å². The zero-order valence-electron chi connectivity index (χ0n) is 14.4. The first-order chi connectivity index (χ1) is 13.2. The summed E-state index contributed by atoms with van der Waals surface area (Å²) in [5, 5.41) is 2.45. The van der Waals surface area contributed by atoms with E-state index in [2.05, 4.69) is 10.1 Å². The third-order valence-corrected chi connectivity index (χ3v) is 3.96. The molecule has 0 unspecified atom stereocenters. The number of halogens is 3. The highest BCUT2D eigenvalue weighted by Crippen LogP contribution is 2.36. The molecule has 2 aromatic rings. The maximum absolute atomic E-state index is 12.3. The highest BCUT2D eigenvalue weighted by Gasteiger charge is 2.29. The van der Waals surface area contributed by atoms with Gasteiger partial charge in [-0.15, -0.1) is 0 Å². The number of anilines is 1. The summed E-state index contributed by atoms with van der Waals surface area (Å²) >= 11 is -0.304. The van der Waals surface area contributed by atoms with Gasteiger partial charge in [-0.3, -0.25) is 4.79 Å². The van der Waals surface area contributed by atoms with Crippen LogP contribution in [0.5, 0.6) is 0 Å². The van der Waals surface area contributed by atoms with Crippen LogP contribution in [0.3, 0.4) is 0 Å². The number of hydrogen-bond acceptors (Lipinski definition) is 6. The molecule has 0 radical (unpaired) electrons. The summed E-state index contributed by atoms with van der Waals surface area (Å²) in [6, 6.07) is 10.6. The predicted molar refractivity (Wildman–Crippen MR) is 95.0 cm³/mol. The molecule has 0 bridgehead atoms. The second-order valence-electron chi connectivity index (χ2n) is 5.27. The summed E-state index contributed by atoms with van der Waals surface area (Å²) in [4.78, 5) is 35.1. The minimum Gasteiger partial charge on any atom is -0.465 e. The molecule has 1 N–H and O–H groups in total. The van der Waals surface area contributed by atoms with Crippen molar-refractivity contribution in [3.8, 4) is 0 Å². The Morgan fingerprint density at radius 2 is 1.68 bits per heavy atom. The van der Waals surface area contributed by atoms with Crippen molar-refractivity contribution in [2.75, 3.05) is 19.0 Å². The molecule has 0 saturated heterocycles. The number of carbonyl (C=O) groups excluding carboxylic acids is 3. The van der Waals surface area contributed by atoms with E-state index in [1.54, 1.807) is 0 Å². The van der Waals surface area contributed by atoms with Crippen molar-refractivity contribution in [2.45, 2.75) is 10.4 Å². The Bertz CT molecular complexity index is 868. The van der Waals surface area contributed by atoms with Crippen LogP contribution in [0, 0.1) is 0 Å². The molecule has 0 spiro atoms. The summed E-state index contributed by atoms with van der Waals surface area (Å²) in [7, 11) is 1.22. The number of rotatable bonds is 6. The summed E-state index contributed by atoms with van der Waals surface area (Å²) < 4.78 is 46.2. The number of benzene rings is 2. The van der Waals surface area contributed by atoms with Gasteiger partial charge in [-0.1, -0.05) is 6.07 Å². The van der Waals surface area contributed by atoms with E-state index >= 15 is 0 Å². The molecule has 0 atom stereocenters. The highest BCUT2D eigenvalue weighted by atomic mass is 32.2. The second kappa shape index (κ2) is 9.27. The number of carbonyl (C=O) groups is 3. The monoisotopic (exact) mass is 413 g/mol. The molecule has 0 heterocycles. The molecule has 0 aliphatic carbocycles. The van der Waals surface area contributed by atoms with Gasteiger partial charge in [0.15, 0.2) is 6.61 Å². The number of thioether (sulfide) groups is 1. The molecule has 10 heteroatoms. The van der Waals surface area contributed by atoms with E-state index in [1.807, 2.05) is 0 Å². The number of alkyl halides is 3. The highest BCUT2D eigenvalue weighted by molar-refractivity contribution is 8.00. The Kier molecular flexibility index (Phi) is 7.05. The third kappa shape index (κ3) is 6.62. The van der Waals surface area contributed by atoms with Gasteiger partial charge in [0.1, 0.15) is 0 Å². The molecule has 6 nitrogen and oxygen atoms in total. The van der Waals surface area contributed by atoms with Crippen LogP contribution < -0.4 is 5.32 Å². The topological polar surface area (TPSA) is 81.7 Å². The molecule has 0 aromatic heterocycles. The van der Waals surface area contributed by atoms with Gasteiger partial charge in [-0.25, -0.2) is 9.59 Å². The van der Waals surface area contributed by atoms with Crippen molar-refractivity contribution in [1.29, 1.82) is 0 Å². The van der Waals surface area contributed by atoms with Gasteiger partial charge in [0.2, 0.25) is 0 Å². The Morgan fingerprint density at radius 3 is 2.29 bits per heavy atom. The van der Waals surface area contributed by atoms with E-state index in [1.165, 1.54) is 43.5 Å². The fraction of sp³-hybridized carbons (Fsp3) is 0.167. The van der Waals surface area contributed by atoms with E-state index in [4.69, 9.17) is 4.74 Å². The molecule has 28 heavy (non-hydrogen) atoms. The standard InChI is InChI=1S/C18H14F3NO5S/c1-26-16(24)12-3-2-4-13(9-12)22-15(23)10-27-17(25)11-5-7-14(8-6-11)28-18(19,20)21/h2-9H,10H2,1H3,(H,22,23). The van der Waals surface area contributed by atoms with Gasteiger partial charge < -0.3 is 14.8 Å². The summed E-state index contributed by atoms with van der Waals surface area (Å²) in [6.07, 6.45) is 0. The molecular weight excluding hydrogens is 399 g/mol. The lowest BCUT2D eigenvalue weighted by atomic mass is 10.2. The van der Waals surface area contributed by atoms with E-state index < -0.39 is 30.0 Å². The number of nitrogens with one attached hydrogen (secondary N) is 1. The molecule has 2 rings (SSSR count). The third-order valence-electron chi connectivity index (χ3n) is 3.23. The molecule has 2 aromatic carbocycles. The smallest absolute Gasteiger partial charge is 0.446 e. The summed E-state index contributed by atoms with van der Waals surface area (Å²) in [5.41, 5.74) is -3.88. The SMILES string of the molecule is COC(=O)c1cccc(NC(=O)COC(=O)c2ccc(SC(F)(F)F)cc2)c1. The maximum Gasteiger partial charge on any atom is 0.446 e. The minimum atomic E-state index is -4.43. The fourth-order valence-electron chi connectivity index (χ4n) is 2.05. The second-order valence-corrected chi connectivity index (χ2v) is 6.41. The first-order valence-corrected chi connectivity index (χ1v) is 8.51. The minimum absolute atomic E-state index is 0.00649. The number of esters is 2. The summed E-state index contributed by atoms with van der Waals surface area (Å²) in [5.74, 6) is -2.09. The molecule has 0 fully saturated rings. The molecule has 0 aliphatic rings. The largest absolute Gasteiger partial charge is 0.465 e. The zero-order valence-corrected chi connectivity index (χ0v) is 15.2. The lowest BCUT2D eigenvalue weighted by Crippen LogP contribution is -2.21. The fourth-order valence-corrected chi connectivity index (χ4v) is 2.59. The average Bonchev–Trinajstić information content (AvgIpc) is 2.65. The van der Waals surface area contributed by atoms with E-state index in [-0.39, 0.29) is 27.8 Å². The molecule has 0 aliphatic heterocycles. The van der Waals surface area contributed by atoms with Crippen LogP contribution in [0.2, 0.25) is 0 Å². The number of methoxy groups -OCH3 is 1. The van der Waals surface area contributed by atoms with Crippen molar-refractivity contribution >= 4 is 35.3 Å². The predicted octanol–water partition coefficient (Wildman–Crippen LogP) is 3.88. The van der Waals surface area contributed by atoms with E-state index in [0.29, 0.717) is 5.69 Å². The number of hydrogen-bond donors (Lipinski definition) is 1. The lowest BCUT2D eigenvalue weighted by molar-refractivity contribution is -0.119. The van der Waals surface area contributed by atoms with Gasteiger partial charge >= 0.3 is 17.4 Å². The average molecular weight is 413 g/mol.